The van der Waals surface area contributed by atoms with Crippen molar-refractivity contribution in [3.8, 4) is 77.9 Å². The summed E-state index contributed by atoms with van der Waals surface area (Å²) < 4.78 is 0. The topological polar surface area (TPSA) is 28.7 Å². The van der Waals surface area contributed by atoms with E-state index in [1.807, 2.05) is 12.4 Å². The zero-order valence-corrected chi connectivity index (χ0v) is 32.0. The summed E-state index contributed by atoms with van der Waals surface area (Å²) in [6, 6.07) is 66.9. The Morgan fingerprint density at radius 1 is 0.316 bits per heavy atom. The molecule has 0 radical (unpaired) electrons. The van der Waals surface area contributed by atoms with Gasteiger partial charge in [0.1, 0.15) is 0 Å². The second-order valence-electron chi connectivity index (χ2n) is 15.1. The Bertz CT molecular complexity index is 2990. The van der Waals surface area contributed by atoms with Gasteiger partial charge in [-0.3, -0.25) is 4.98 Å². The Morgan fingerprint density at radius 2 is 0.772 bits per heavy atom. The van der Waals surface area contributed by atoms with Gasteiger partial charge in [0.25, 0.3) is 0 Å². The predicted octanol–water partition coefficient (Wildman–Crippen LogP) is 15.0. The zero-order valence-electron chi connectivity index (χ0n) is 32.0. The molecule has 0 bridgehead atoms. The second kappa shape index (κ2) is 14.4. The van der Waals surface area contributed by atoms with Crippen molar-refractivity contribution < 1.29 is 0 Å². The lowest BCUT2D eigenvalue weighted by atomic mass is 9.84. The molecule has 1 N–H and O–H groups in total. The minimum Gasteiger partial charge on any atom is -0.365 e. The number of nitrogens with one attached hydrogen (secondary N) is 1. The van der Waals surface area contributed by atoms with E-state index in [4.69, 9.17) is 0 Å². The van der Waals surface area contributed by atoms with Crippen LogP contribution in [-0.4, -0.2) is 9.97 Å². The maximum atomic E-state index is 4.46. The first-order valence-electron chi connectivity index (χ1n) is 19.6. The molecule has 270 valence electrons. The summed E-state index contributed by atoms with van der Waals surface area (Å²) in [6.45, 7) is 4.19. The molecule has 0 spiro atoms. The van der Waals surface area contributed by atoms with Gasteiger partial charge in [-0.05, 0) is 150 Å². The van der Waals surface area contributed by atoms with E-state index < -0.39 is 0 Å². The van der Waals surface area contributed by atoms with Crippen LogP contribution in [0.25, 0.3) is 99.4 Å². The number of aryl methyl sites for hydroxylation is 2. The van der Waals surface area contributed by atoms with Crippen molar-refractivity contribution >= 4 is 21.5 Å². The molecule has 2 nitrogen and oxygen atoms in total. The van der Waals surface area contributed by atoms with Crippen molar-refractivity contribution in [1.82, 2.24) is 9.97 Å². The van der Waals surface area contributed by atoms with Crippen molar-refractivity contribution in [2.75, 3.05) is 0 Å². The highest BCUT2D eigenvalue weighted by molar-refractivity contribution is 6.22. The van der Waals surface area contributed by atoms with Gasteiger partial charge in [0.15, 0.2) is 0 Å². The molecule has 8 aromatic carbocycles. The number of rotatable bonds is 7. The van der Waals surface area contributed by atoms with Crippen LogP contribution in [0.3, 0.4) is 0 Å². The number of aromatic nitrogens is 2. The third-order valence-corrected chi connectivity index (χ3v) is 11.2. The second-order valence-corrected chi connectivity index (χ2v) is 15.1. The molecular formula is C55H40N2. The molecule has 2 heterocycles. The van der Waals surface area contributed by atoms with Gasteiger partial charge in [-0.15, -0.1) is 0 Å². The molecule has 0 fully saturated rings. The van der Waals surface area contributed by atoms with E-state index in [2.05, 4.69) is 212 Å². The van der Waals surface area contributed by atoms with E-state index in [1.165, 1.54) is 88.3 Å². The number of H-pyrrole nitrogens is 1. The predicted molar refractivity (Wildman–Crippen MR) is 241 cm³/mol. The van der Waals surface area contributed by atoms with E-state index >= 15 is 0 Å². The fourth-order valence-electron chi connectivity index (χ4n) is 8.42. The van der Waals surface area contributed by atoms with Gasteiger partial charge in [0, 0.05) is 29.8 Å². The number of hydrogen-bond acceptors (Lipinski definition) is 1. The first-order valence-corrected chi connectivity index (χ1v) is 19.6. The minimum atomic E-state index is 1.13. The molecule has 10 aromatic rings. The molecule has 0 aliphatic carbocycles. The van der Waals surface area contributed by atoms with Gasteiger partial charge in [0.2, 0.25) is 0 Å². The number of nitrogens with zero attached hydrogens (tertiary/aromatic N) is 1. The van der Waals surface area contributed by atoms with Crippen LogP contribution in [0.5, 0.6) is 0 Å². The molecular weight excluding hydrogens is 689 g/mol. The summed E-state index contributed by atoms with van der Waals surface area (Å²) in [4.78, 5) is 7.81. The molecule has 0 aliphatic rings. The van der Waals surface area contributed by atoms with Crippen molar-refractivity contribution in [2.45, 2.75) is 13.8 Å². The van der Waals surface area contributed by atoms with Crippen molar-refractivity contribution in [3.05, 3.63) is 212 Å². The van der Waals surface area contributed by atoms with E-state index in [-0.39, 0.29) is 0 Å². The van der Waals surface area contributed by atoms with E-state index in [9.17, 15) is 0 Å². The highest BCUT2D eigenvalue weighted by Gasteiger charge is 2.19. The standard InChI is InChI=1S/C55H40N2/c1-36-27-48(34-56-33-36)40-17-21-42(22-18-40)54-50-15-9-10-16-51(50)55(43-23-19-41(20-24-43)49-28-37(2)57-35-49)53-32-44(25-26-52(53)54)47-30-45(38-11-5-3-6-12-38)29-46(31-47)39-13-7-4-8-14-39/h3-35,57H,1-2H3. The van der Waals surface area contributed by atoms with Crippen LogP contribution in [0.4, 0.5) is 0 Å². The van der Waals surface area contributed by atoms with E-state index in [0.717, 1.165) is 22.4 Å². The van der Waals surface area contributed by atoms with Crippen LogP contribution in [0, 0.1) is 13.8 Å². The third-order valence-electron chi connectivity index (χ3n) is 11.2. The fraction of sp³-hybridized carbons (Fsp3) is 0.0364. The molecule has 0 saturated heterocycles. The Morgan fingerprint density at radius 3 is 1.32 bits per heavy atom. The van der Waals surface area contributed by atoms with Crippen LogP contribution < -0.4 is 0 Å². The molecule has 0 aliphatic heterocycles. The number of benzene rings is 8. The Balaban J connectivity index is 1.21. The SMILES string of the molecule is Cc1cncc(-c2ccc(-c3c4ccccc4c(-c4ccc(-c5c[nH]c(C)c5)cc4)c4cc(-c5cc(-c6ccccc6)cc(-c6ccccc6)c5)ccc34)cc2)c1. The molecule has 57 heavy (non-hydrogen) atoms. The van der Waals surface area contributed by atoms with Gasteiger partial charge in [-0.2, -0.15) is 0 Å². The van der Waals surface area contributed by atoms with Crippen molar-refractivity contribution in [2.24, 2.45) is 0 Å². The molecule has 0 atom stereocenters. The molecule has 2 heteroatoms. The zero-order chi connectivity index (χ0) is 38.3. The smallest absolute Gasteiger partial charge is 0.0346 e. The Hall–Kier alpha value is -7.29. The molecule has 0 saturated carbocycles. The minimum absolute atomic E-state index is 1.13. The van der Waals surface area contributed by atoms with Crippen molar-refractivity contribution in [1.29, 1.82) is 0 Å². The van der Waals surface area contributed by atoms with Gasteiger partial charge < -0.3 is 4.98 Å². The summed E-state index contributed by atoms with van der Waals surface area (Å²) in [6.07, 6.45) is 5.94. The molecule has 2 aromatic heterocycles. The van der Waals surface area contributed by atoms with Gasteiger partial charge >= 0.3 is 0 Å². The average Bonchev–Trinajstić information content (AvgIpc) is 3.72. The van der Waals surface area contributed by atoms with Crippen molar-refractivity contribution in [3.63, 3.8) is 0 Å². The fourth-order valence-corrected chi connectivity index (χ4v) is 8.42. The summed E-state index contributed by atoms with van der Waals surface area (Å²) in [7, 11) is 0. The normalized spacial score (nSPS) is 11.3. The first-order chi connectivity index (χ1) is 28.1. The Labute approximate surface area is 333 Å². The van der Waals surface area contributed by atoms with Crippen LogP contribution in [0.15, 0.2) is 201 Å². The van der Waals surface area contributed by atoms with Gasteiger partial charge in [-0.1, -0.05) is 146 Å². The summed E-state index contributed by atoms with van der Waals surface area (Å²) in [5, 5.41) is 4.92. The molecule has 0 amide bonds. The first kappa shape index (κ1) is 34.2. The van der Waals surface area contributed by atoms with Gasteiger partial charge in [-0.25, -0.2) is 0 Å². The lowest BCUT2D eigenvalue weighted by molar-refractivity contribution is 1.27. The van der Waals surface area contributed by atoms with E-state index in [0.29, 0.717) is 0 Å². The van der Waals surface area contributed by atoms with Crippen LogP contribution in [-0.2, 0) is 0 Å². The quantitative estimate of drug-likeness (QED) is 0.163. The molecule has 0 unspecified atom stereocenters. The largest absolute Gasteiger partial charge is 0.365 e. The highest BCUT2D eigenvalue weighted by Crippen LogP contribution is 2.46. The number of hydrogen-bond donors (Lipinski definition) is 1. The van der Waals surface area contributed by atoms with E-state index in [1.54, 1.807) is 0 Å². The third kappa shape index (κ3) is 6.52. The average molecular weight is 729 g/mol. The summed E-state index contributed by atoms with van der Waals surface area (Å²) in [5.41, 5.74) is 19.0. The highest BCUT2D eigenvalue weighted by atomic mass is 14.7. The maximum Gasteiger partial charge on any atom is 0.0346 e. The summed E-state index contributed by atoms with van der Waals surface area (Å²) in [5.74, 6) is 0. The van der Waals surface area contributed by atoms with Crippen LogP contribution >= 0.6 is 0 Å². The maximum absolute atomic E-state index is 4.46. The number of pyridine rings is 1. The lowest BCUT2D eigenvalue weighted by Crippen LogP contribution is -1.92. The Kier molecular flexibility index (Phi) is 8.65. The number of aromatic amines is 1. The number of fused-ring (bicyclic) bond motifs is 2. The van der Waals surface area contributed by atoms with Crippen LogP contribution in [0.1, 0.15) is 11.3 Å². The monoisotopic (exact) mass is 728 g/mol. The summed E-state index contributed by atoms with van der Waals surface area (Å²) >= 11 is 0. The van der Waals surface area contributed by atoms with Gasteiger partial charge in [0.05, 0.1) is 0 Å². The van der Waals surface area contributed by atoms with Crippen LogP contribution in [0.2, 0.25) is 0 Å². The lowest BCUT2D eigenvalue weighted by Gasteiger charge is -2.19. The molecule has 10 rings (SSSR count).